The number of benzene rings is 1. The highest BCUT2D eigenvalue weighted by Crippen LogP contribution is 2.17. The maximum atomic E-state index is 11.9. The van der Waals surface area contributed by atoms with E-state index in [1.165, 1.54) is 23.5 Å². The van der Waals surface area contributed by atoms with Gasteiger partial charge in [-0.25, -0.2) is 13.1 Å². The van der Waals surface area contributed by atoms with Gasteiger partial charge in [0, 0.05) is 25.8 Å². The van der Waals surface area contributed by atoms with Crippen LogP contribution in [0.1, 0.15) is 16.7 Å². The van der Waals surface area contributed by atoms with Crippen LogP contribution in [0.25, 0.3) is 0 Å². The first-order valence-corrected chi connectivity index (χ1v) is 7.43. The van der Waals surface area contributed by atoms with Gasteiger partial charge in [-0.1, -0.05) is 18.2 Å². The standard InChI is InChI=1S/C12H14N4O2S/c17-19(18,12-7-14-15-8-12)16-4-9-1-2-10-5-13-6-11(10)3-9/h1-3,7-8,13,16H,4-6H2,(H,14,15). The molecule has 0 radical (unpaired) electrons. The topological polar surface area (TPSA) is 86.9 Å². The van der Waals surface area contributed by atoms with E-state index in [-0.39, 0.29) is 11.4 Å². The van der Waals surface area contributed by atoms with Crippen LogP contribution < -0.4 is 10.0 Å². The third kappa shape index (κ3) is 2.53. The molecule has 6 nitrogen and oxygen atoms in total. The Kier molecular flexibility index (Phi) is 3.09. The summed E-state index contributed by atoms with van der Waals surface area (Å²) >= 11 is 0. The van der Waals surface area contributed by atoms with Crippen molar-refractivity contribution in [3.8, 4) is 0 Å². The van der Waals surface area contributed by atoms with Crippen molar-refractivity contribution in [3.05, 3.63) is 47.3 Å². The zero-order valence-electron chi connectivity index (χ0n) is 10.2. The number of sulfonamides is 1. The monoisotopic (exact) mass is 278 g/mol. The number of fused-ring (bicyclic) bond motifs is 1. The van der Waals surface area contributed by atoms with E-state index in [1.807, 2.05) is 18.2 Å². The predicted octanol–water partition coefficient (Wildman–Crippen LogP) is 0.491. The van der Waals surface area contributed by atoms with Crippen LogP contribution in [-0.2, 0) is 29.7 Å². The average molecular weight is 278 g/mol. The predicted molar refractivity (Wildman–Crippen MR) is 69.6 cm³/mol. The fourth-order valence-corrected chi connectivity index (χ4v) is 3.03. The van der Waals surface area contributed by atoms with Crippen LogP contribution in [0.3, 0.4) is 0 Å². The SMILES string of the molecule is O=S(=O)(NCc1ccc2c(c1)CNC2)c1cn[nH]c1. The molecule has 2 aromatic rings. The lowest BCUT2D eigenvalue weighted by Crippen LogP contribution is -2.22. The van der Waals surface area contributed by atoms with Gasteiger partial charge in [0.15, 0.2) is 0 Å². The van der Waals surface area contributed by atoms with Crippen LogP contribution in [0, 0.1) is 0 Å². The number of rotatable bonds is 4. The molecule has 2 heterocycles. The van der Waals surface area contributed by atoms with E-state index in [0.29, 0.717) is 0 Å². The van der Waals surface area contributed by atoms with Crippen molar-refractivity contribution in [1.29, 1.82) is 0 Å². The Labute approximate surface area is 111 Å². The first-order valence-electron chi connectivity index (χ1n) is 5.95. The Morgan fingerprint density at radius 1 is 1.26 bits per heavy atom. The summed E-state index contributed by atoms with van der Waals surface area (Å²) in [7, 11) is -3.49. The fourth-order valence-electron chi connectivity index (χ4n) is 2.11. The molecule has 1 aliphatic heterocycles. The molecule has 0 saturated carbocycles. The second kappa shape index (κ2) is 4.76. The Morgan fingerprint density at radius 3 is 2.89 bits per heavy atom. The van der Waals surface area contributed by atoms with Crippen LogP contribution in [0.2, 0.25) is 0 Å². The summed E-state index contributed by atoms with van der Waals surface area (Å²) in [4.78, 5) is 0.148. The number of hydrogen-bond acceptors (Lipinski definition) is 4. The summed E-state index contributed by atoms with van der Waals surface area (Å²) in [5.41, 5.74) is 3.47. The molecule has 0 saturated heterocycles. The van der Waals surface area contributed by atoms with E-state index in [2.05, 4.69) is 20.2 Å². The van der Waals surface area contributed by atoms with Gasteiger partial charge >= 0.3 is 0 Å². The maximum Gasteiger partial charge on any atom is 0.243 e. The molecular formula is C12H14N4O2S. The Balaban J connectivity index is 1.73. The van der Waals surface area contributed by atoms with E-state index >= 15 is 0 Å². The summed E-state index contributed by atoms with van der Waals surface area (Å²) in [5, 5.41) is 9.39. The molecule has 1 aromatic heterocycles. The molecule has 0 unspecified atom stereocenters. The first-order chi connectivity index (χ1) is 9.15. The highest BCUT2D eigenvalue weighted by atomic mass is 32.2. The average Bonchev–Trinajstić information content (AvgIpc) is 3.07. The minimum Gasteiger partial charge on any atom is -0.309 e. The van der Waals surface area contributed by atoms with Crippen molar-refractivity contribution in [2.75, 3.05) is 0 Å². The molecule has 3 rings (SSSR count). The molecule has 0 aliphatic carbocycles. The number of H-pyrrole nitrogens is 1. The first kappa shape index (κ1) is 12.3. The number of nitrogens with one attached hydrogen (secondary N) is 3. The molecule has 1 aromatic carbocycles. The van der Waals surface area contributed by atoms with Crippen molar-refractivity contribution in [2.24, 2.45) is 0 Å². The number of nitrogens with zero attached hydrogens (tertiary/aromatic N) is 1. The molecule has 100 valence electrons. The smallest absolute Gasteiger partial charge is 0.243 e. The normalized spacial score (nSPS) is 14.5. The highest BCUT2D eigenvalue weighted by molar-refractivity contribution is 7.89. The van der Waals surface area contributed by atoms with Crippen molar-refractivity contribution >= 4 is 10.0 Å². The lowest BCUT2D eigenvalue weighted by molar-refractivity contribution is 0.581. The molecule has 0 spiro atoms. The summed E-state index contributed by atoms with van der Waals surface area (Å²) in [6.45, 7) is 2.01. The minimum atomic E-state index is -3.49. The van der Waals surface area contributed by atoms with Gasteiger partial charge in [0.05, 0.1) is 6.20 Å². The lowest BCUT2D eigenvalue weighted by atomic mass is 10.1. The highest BCUT2D eigenvalue weighted by Gasteiger charge is 2.15. The van der Waals surface area contributed by atoms with Crippen molar-refractivity contribution < 1.29 is 8.42 Å². The lowest BCUT2D eigenvalue weighted by Gasteiger charge is -2.06. The van der Waals surface area contributed by atoms with E-state index in [0.717, 1.165) is 18.7 Å². The molecule has 1 aliphatic rings. The number of aromatic amines is 1. The van der Waals surface area contributed by atoms with Crippen molar-refractivity contribution in [3.63, 3.8) is 0 Å². The van der Waals surface area contributed by atoms with E-state index in [4.69, 9.17) is 0 Å². The van der Waals surface area contributed by atoms with E-state index in [9.17, 15) is 8.42 Å². The Bertz CT molecular complexity index is 680. The van der Waals surface area contributed by atoms with Crippen LogP contribution in [0.15, 0.2) is 35.5 Å². The molecule has 0 bridgehead atoms. The Hall–Kier alpha value is -1.70. The Morgan fingerprint density at radius 2 is 2.11 bits per heavy atom. The van der Waals surface area contributed by atoms with Gasteiger partial charge in [0.1, 0.15) is 4.90 Å². The zero-order chi connectivity index (χ0) is 13.3. The third-order valence-corrected chi connectivity index (χ3v) is 4.52. The number of aromatic nitrogens is 2. The van der Waals surface area contributed by atoms with Gasteiger partial charge in [-0.05, 0) is 16.7 Å². The maximum absolute atomic E-state index is 11.9. The summed E-state index contributed by atoms with van der Waals surface area (Å²) in [6.07, 6.45) is 2.64. The zero-order valence-corrected chi connectivity index (χ0v) is 11.0. The van der Waals surface area contributed by atoms with E-state index < -0.39 is 10.0 Å². The molecule has 19 heavy (non-hydrogen) atoms. The van der Waals surface area contributed by atoms with E-state index in [1.54, 1.807) is 0 Å². The molecule has 0 amide bonds. The largest absolute Gasteiger partial charge is 0.309 e. The third-order valence-electron chi connectivity index (χ3n) is 3.15. The summed E-state index contributed by atoms with van der Waals surface area (Å²) in [5.74, 6) is 0. The van der Waals surface area contributed by atoms with Crippen molar-refractivity contribution in [1.82, 2.24) is 20.2 Å². The molecule has 0 atom stereocenters. The number of hydrogen-bond donors (Lipinski definition) is 3. The second-order valence-corrected chi connectivity index (χ2v) is 6.23. The molecule has 0 fully saturated rings. The molecular weight excluding hydrogens is 264 g/mol. The van der Waals surface area contributed by atoms with Gasteiger partial charge in [-0.2, -0.15) is 5.10 Å². The van der Waals surface area contributed by atoms with Gasteiger partial charge in [0.25, 0.3) is 0 Å². The fraction of sp³-hybridized carbons (Fsp3) is 0.250. The van der Waals surface area contributed by atoms with Gasteiger partial charge in [-0.15, -0.1) is 0 Å². The molecule has 3 N–H and O–H groups in total. The second-order valence-electron chi connectivity index (χ2n) is 4.47. The van der Waals surface area contributed by atoms with Gasteiger partial charge in [-0.3, -0.25) is 5.10 Å². The minimum absolute atomic E-state index is 0.148. The summed E-state index contributed by atoms with van der Waals surface area (Å²) < 4.78 is 26.4. The van der Waals surface area contributed by atoms with Crippen molar-refractivity contribution in [2.45, 2.75) is 24.5 Å². The van der Waals surface area contributed by atoms with Crippen LogP contribution in [0.5, 0.6) is 0 Å². The molecule has 7 heteroatoms. The van der Waals surface area contributed by atoms with Gasteiger partial charge in [0.2, 0.25) is 10.0 Å². The van der Waals surface area contributed by atoms with Gasteiger partial charge < -0.3 is 5.32 Å². The van der Waals surface area contributed by atoms with Crippen LogP contribution in [-0.4, -0.2) is 18.6 Å². The van der Waals surface area contributed by atoms with Crippen LogP contribution in [0.4, 0.5) is 0 Å². The van der Waals surface area contributed by atoms with Crippen LogP contribution >= 0.6 is 0 Å². The summed E-state index contributed by atoms with van der Waals surface area (Å²) in [6, 6.07) is 6.02. The quantitative estimate of drug-likeness (QED) is 0.759.